The van der Waals surface area contributed by atoms with Gasteiger partial charge in [0.2, 0.25) is 10.0 Å². The summed E-state index contributed by atoms with van der Waals surface area (Å²) in [5, 5.41) is -0.410. The average molecular weight is 370 g/mol. The number of carbonyl (C=O) groups is 2. The van der Waals surface area contributed by atoms with E-state index in [9.17, 15) is 18.0 Å². The predicted octanol–water partition coefficient (Wildman–Crippen LogP) is 1.67. The van der Waals surface area contributed by atoms with E-state index in [0.29, 0.717) is 11.5 Å². The third kappa shape index (κ3) is 5.08. The highest BCUT2D eigenvalue weighted by Gasteiger charge is 2.34. The van der Waals surface area contributed by atoms with Gasteiger partial charge in [0.1, 0.15) is 5.75 Å². The molecule has 1 N–H and O–H groups in total. The molecule has 1 heterocycles. The highest BCUT2D eigenvalue weighted by Crippen LogP contribution is 2.32. The Morgan fingerprint density at radius 2 is 1.92 bits per heavy atom. The lowest BCUT2D eigenvalue weighted by atomic mass is 10.2. The van der Waals surface area contributed by atoms with Crippen LogP contribution < -0.4 is 9.46 Å². The number of sulfonamides is 1. The van der Waals surface area contributed by atoms with E-state index in [0.717, 1.165) is 34.2 Å². The standard InChI is InChI=1S/C15H18N2O5S2/c1-3-22-12-6-4-11(5-7-12)10-13-14(18)17(15(19)23-13)9-8-16-24(2,20)21/h4-7,10,16H,3,8-9H2,1-2H3. The normalized spacial score (nSPS) is 16.9. The van der Waals surface area contributed by atoms with Crippen LogP contribution in [0.2, 0.25) is 0 Å². The lowest BCUT2D eigenvalue weighted by molar-refractivity contribution is -0.122. The third-order valence-electron chi connectivity index (χ3n) is 3.06. The van der Waals surface area contributed by atoms with Crippen LogP contribution in [0.25, 0.3) is 6.08 Å². The zero-order chi connectivity index (χ0) is 17.7. The average Bonchev–Trinajstić information content (AvgIpc) is 2.76. The Labute approximate surface area is 145 Å². The first-order valence-electron chi connectivity index (χ1n) is 7.23. The Bertz CT molecular complexity index is 757. The fraction of sp³-hybridized carbons (Fsp3) is 0.333. The van der Waals surface area contributed by atoms with Crippen molar-refractivity contribution in [2.24, 2.45) is 0 Å². The molecule has 1 saturated heterocycles. The molecule has 24 heavy (non-hydrogen) atoms. The number of hydrogen-bond acceptors (Lipinski definition) is 6. The molecule has 0 aliphatic carbocycles. The first kappa shape index (κ1) is 18.5. The largest absolute Gasteiger partial charge is 0.494 e. The SMILES string of the molecule is CCOc1ccc(C=C2SC(=O)N(CCNS(C)(=O)=O)C2=O)cc1. The van der Waals surface area contributed by atoms with Crippen molar-refractivity contribution < 1.29 is 22.7 Å². The van der Waals surface area contributed by atoms with Crippen LogP contribution in [0.1, 0.15) is 12.5 Å². The Morgan fingerprint density at radius 3 is 2.50 bits per heavy atom. The van der Waals surface area contributed by atoms with Gasteiger partial charge in [-0.2, -0.15) is 0 Å². The predicted molar refractivity (Wildman–Crippen MR) is 93.1 cm³/mol. The van der Waals surface area contributed by atoms with Crippen LogP contribution in [0, 0.1) is 0 Å². The van der Waals surface area contributed by atoms with Crippen LogP contribution in [0.3, 0.4) is 0 Å². The molecule has 0 bridgehead atoms. The van der Waals surface area contributed by atoms with Crippen LogP contribution in [-0.2, 0) is 14.8 Å². The van der Waals surface area contributed by atoms with Gasteiger partial charge in [0.15, 0.2) is 0 Å². The zero-order valence-electron chi connectivity index (χ0n) is 13.3. The van der Waals surface area contributed by atoms with Crippen LogP contribution in [0.4, 0.5) is 4.79 Å². The summed E-state index contributed by atoms with van der Waals surface area (Å²) in [4.78, 5) is 25.5. The molecule has 1 aliphatic heterocycles. The maximum atomic E-state index is 12.3. The minimum Gasteiger partial charge on any atom is -0.494 e. The molecular formula is C15H18N2O5S2. The number of rotatable bonds is 7. The molecule has 2 amide bonds. The van der Waals surface area contributed by atoms with Gasteiger partial charge in [-0.1, -0.05) is 12.1 Å². The first-order valence-corrected chi connectivity index (χ1v) is 9.94. The maximum absolute atomic E-state index is 12.3. The van der Waals surface area contributed by atoms with Crippen LogP contribution >= 0.6 is 11.8 Å². The molecule has 0 aromatic heterocycles. The van der Waals surface area contributed by atoms with Crippen LogP contribution in [-0.4, -0.2) is 50.4 Å². The summed E-state index contributed by atoms with van der Waals surface area (Å²) in [6.45, 7) is 2.45. The molecule has 0 spiro atoms. The second-order valence-corrected chi connectivity index (χ2v) is 7.83. The van der Waals surface area contributed by atoms with Gasteiger partial charge in [0.25, 0.3) is 11.1 Å². The minimum absolute atomic E-state index is 0.00163. The van der Waals surface area contributed by atoms with Crippen molar-refractivity contribution in [3.8, 4) is 5.75 Å². The Hall–Kier alpha value is -1.84. The molecule has 9 heteroatoms. The number of nitrogens with one attached hydrogen (secondary N) is 1. The van der Waals surface area contributed by atoms with Crippen molar-refractivity contribution >= 4 is 39.0 Å². The molecule has 0 atom stereocenters. The summed E-state index contributed by atoms with van der Waals surface area (Å²) in [6.07, 6.45) is 2.65. The number of benzene rings is 1. The zero-order valence-corrected chi connectivity index (χ0v) is 14.9. The number of imide groups is 1. The van der Waals surface area contributed by atoms with Crippen LogP contribution in [0.15, 0.2) is 29.2 Å². The van der Waals surface area contributed by atoms with E-state index in [-0.39, 0.29) is 13.1 Å². The summed E-state index contributed by atoms with van der Waals surface area (Å²) in [7, 11) is -3.35. The van der Waals surface area contributed by atoms with Crippen molar-refractivity contribution in [2.75, 3.05) is 26.0 Å². The number of hydrogen-bond donors (Lipinski definition) is 1. The maximum Gasteiger partial charge on any atom is 0.293 e. The molecule has 0 unspecified atom stereocenters. The highest BCUT2D eigenvalue weighted by atomic mass is 32.2. The molecule has 1 fully saturated rings. The van der Waals surface area contributed by atoms with E-state index in [4.69, 9.17) is 4.74 Å². The molecule has 7 nitrogen and oxygen atoms in total. The number of ether oxygens (including phenoxy) is 1. The molecule has 0 saturated carbocycles. The topological polar surface area (TPSA) is 92.8 Å². The first-order chi connectivity index (χ1) is 11.3. The quantitative estimate of drug-likeness (QED) is 0.734. The molecule has 1 aliphatic rings. The Balaban J connectivity index is 2.04. The minimum atomic E-state index is -3.35. The van der Waals surface area contributed by atoms with E-state index in [1.54, 1.807) is 30.3 Å². The number of thioether (sulfide) groups is 1. The monoisotopic (exact) mass is 370 g/mol. The van der Waals surface area contributed by atoms with E-state index in [2.05, 4.69) is 4.72 Å². The number of nitrogens with zero attached hydrogens (tertiary/aromatic N) is 1. The van der Waals surface area contributed by atoms with Gasteiger partial charge in [0.05, 0.1) is 17.8 Å². The van der Waals surface area contributed by atoms with Crippen molar-refractivity contribution in [3.05, 3.63) is 34.7 Å². The van der Waals surface area contributed by atoms with Crippen molar-refractivity contribution in [1.82, 2.24) is 9.62 Å². The van der Waals surface area contributed by atoms with E-state index < -0.39 is 21.2 Å². The van der Waals surface area contributed by atoms with Gasteiger partial charge in [-0.3, -0.25) is 14.5 Å². The summed E-state index contributed by atoms with van der Waals surface area (Å²) in [5.74, 6) is 0.309. The summed E-state index contributed by atoms with van der Waals surface area (Å²) < 4.78 is 29.6. The molecule has 0 radical (unpaired) electrons. The van der Waals surface area contributed by atoms with Gasteiger partial charge in [-0.25, -0.2) is 13.1 Å². The molecular weight excluding hydrogens is 352 g/mol. The summed E-state index contributed by atoms with van der Waals surface area (Å²) in [5.41, 5.74) is 0.776. The fourth-order valence-corrected chi connectivity index (χ4v) is 3.34. The van der Waals surface area contributed by atoms with E-state index in [1.807, 2.05) is 6.92 Å². The second kappa shape index (κ2) is 7.82. The smallest absolute Gasteiger partial charge is 0.293 e. The van der Waals surface area contributed by atoms with Gasteiger partial charge < -0.3 is 4.74 Å². The molecule has 2 rings (SSSR count). The van der Waals surface area contributed by atoms with Gasteiger partial charge >= 0.3 is 0 Å². The second-order valence-electron chi connectivity index (χ2n) is 5.00. The fourth-order valence-electron chi connectivity index (χ4n) is 2.01. The number of carbonyl (C=O) groups excluding carboxylic acids is 2. The van der Waals surface area contributed by atoms with Gasteiger partial charge in [-0.05, 0) is 42.5 Å². The molecule has 1 aromatic rings. The Morgan fingerprint density at radius 1 is 1.25 bits per heavy atom. The lowest BCUT2D eigenvalue weighted by Crippen LogP contribution is -2.36. The lowest BCUT2D eigenvalue weighted by Gasteiger charge is -2.12. The van der Waals surface area contributed by atoms with Crippen molar-refractivity contribution in [1.29, 1.82) is 0 Å². The molecule has 1 aromatic carbocycles. The Kier molecular flexibility index (Phi) is 6.03. The van der Waals surface area contributed by atoms with Gasteiger partial charge in [-0.15, -0.1) is 0 Å². The van der Waals surface area contributed by atoms with E-state index >= 15 is 0 Å². The number of amides is 2. The van der Waals surface area contributed by atoms with E-state index in [1.165, 1.54) is 0 Å². The summed E-state index contributed by atoms with van der Waals surface area (Å²) in [6, 6.07) is 7.17. The molecule has 130 valence electrons. The highest BCUT2D eigenvalue weighted by molar-refractivity contribution is 8.18. The van der Waals surface area contributed by atoms with Gasteiger partial charge in [0, 0.05) is 13.1 Å². The third-order valence-corrected chi connectivity index (χ3v) is 4.70. The summed E-state index contributed by atoms with van der Waals surface area (Å²) >= 11 is 0.839. The van der Waals surface area contributed by atoms with Crippen molar-refractivity contribution in [3.63, 3.8) is 0 Å². The van der Waals surface area contributed by atoms with Crippen LogP contribution in [0.5, 0.6) is 5.75 Å². The van der Waals surface area contributed by atoms with Crippen molar-refractivity contribution in [2.45, 2.75) is 6.92 Å².